The molecule has 0 saturated heterocycles. The smallest absolute Gasteiger partial charge is 0.265 e. The van der Waals surface area contributed by atoms with Gasteiger partial charge in [0.1, 0.15) is 10.7 Å². The molecule has 1 aromatic carbocycles. The van der Waals surface area contributed by atoms with Crippen LogP contribution in [-0.2, 0) is 11.3 Å². The number of carbonyl (C=O) groups is 2. The van der Waals surface area contributed by atoms with Gasteiger partial charge in [0.2, 0.25) is 12.7 Å². The number of nitrogens with one attached hydrogen (secondary N) is 2. The summed E-state index contributed by atoms with van der Waals surface area (Å²) >= 11 is 13.1. The number of ether oxygens (including phenoxy) is 2. The van der Waals surface area contributed by atoms with Crippen LogP contribution in [0.25, 0.3) is 0 Å². The van der Waals surface area contributed by atoms with E-state index in [9.17, 15) is 9.59 Å². The van der Waals surface area contributed by atoms with Crippen LogP contribution in [0.4, 0.5) is 5.82 Å². The summed E-state index contributed by atoms with van der Waals surface area (Å²) in [6.07, 6.45) is 2.22. The minimum atomic E-state index is -0.274. The highest BCUT2D eigenvalue weighted by atomic mass is 35.5. The summed E-state index contributed by atoms with van der Waals surface area (Å²) in [6, 6.07) is 5.45. The maximum Gasteiger partial charge on any atom is 0.265 e. The first-order chi connectivity index (χ1) is 14.0. The lowest BCUT2D eigenvalue weighted by Gasteiger charge is -2.38. The van der Waals surface area contributed by atoms with E-state index in [0.717, 1.165) is 18.4 Å². The molecule has 7 nitrogen and oxygen atoms in total. The predicted octanol–water partition coefficient (Wildman–Crippen LogP) is 3.84. The molecule has 3 heterocycles. The van der Waals surface area contributed by atoms with Crippen LogP contribution in [0.15, 0.2) is 18.2 Å². The number of aromatic nitrogens is 1. The summed E-state index contributed by atoms with van der Waals surface area (Å²) < 4.78 is 13.2. The van der Waals surface area contributed by atoms with Crippen molar-refractivity contribution in [1.29, 1.82) is 0 Å². The first-order valence-corrected chi connectivity index (χ1v) is 11.0. The van der Waals surface area contributed by atoms with Crippen molar-refractivity contribution >= 4 is 52.8 Å². The molecule has 2 aliphatic heterocycles. The molecule has 1 aliphatic carbocycles. The van der Waals surface area contributed by atoms with Gasteiger partial charge in [0, 0.05) is 11.9 Å². The van der Waals surface area contributed by atoms with Crippen LogP contribution >= 0.6 is 35.2 Å². The number of rotatable bonds is 3. The van der Waals surface area contributed by atoms with E-state index in [0.29, 0.717) is 39.1 Å². The quantitative estimate of drug-likeness (QED) is 0.547. The molecule has 152 valence electrons. The van der Waals surface area contributed by atoms with Gasteiger partial charge in [-0.1, -0.05) is 17.4 Å². The second kappa shape index (κ2) is 7.30. The minimum Gasteiger partial charge on any atom is -0.454 e. The molecule has 1 saturated carbocycles. The molecule has 0 bridgehead atoms. The maximum atomic E-state index is 12.9. The van der Waals surface area contributed by atoms with Gasteiger partial charge in [0.15, 0.2) is 15.5 Å². The average molecular weight is 452 g/mol. The van der Waals surface area contributed by atoms with E-state index in [1.807, 2.05) is 22.8 Å². The van der Waals surface area contributed by atoms with Gasteiger partial charge in [-0.3, -0.25) is 9.59 Å². The number of amides is 2. The summed E-state index contributed by atoms with van der Waals surface area (Å²) in [7, 11) is 0. The van der Waals surface area contributed by atoms with Crippen LogP contribution < -0.4 is 20.1 Å². The lowest BCUT2D eigenvalue weighted by molar-refractivity contribution is -0.123. The molecule has 10 heteroatoms. The highest BCUT2D eigenvalue weighted by molar-refractivity contribution is 7.73. The highest BCUT2D eigenvalue weighted by Gasteiger charge is 2.42. The number of alkyl halides is 1. The van der Waals surface area contributed by atoms with Gasteiger partial charge >= 0.3 is 0 Å². The maximum absolute atomic E-state index is 12.9. The Morgan fingerprint density at radius 2 is 2.17 bits per heavy atom. The number of halogens is 1. The zero-order chi connectivity index (χ0) is 20.1. The number of hydrogen-bond donors (Lipinski definition) is 2. The minimum absolute atomic E-state index is 0.0140. The van der Waals surface area contributed by atoms with Crippen molar-refractivity contribution in [2.75, 3.05) is 12.1 Å². The number of thiazole rings is 1. The molecule has 2 amide bonds. The number of nitrogens with zero attached hydrogens (tertiary/aromatic N) is 1. The van der Waals surface area contributed by atoms with Gasteiger partial charge in [-0.05, 0) is 49.2 Å². The van der Waals surface area contributed by atoms with E-state index in [1.165, 1.54) is 11.3 Å². The van der Waals surface area contributed by atoms with Crippen molar-refractivity contribution in [1.82, 2.24) is 9.88 Å². The number of anilines is 1. The van der Waals surface area contributed by atoms with Crippen LogP contribution in [0.3, 0.4) is 0 Å². The summed E-state index contributed by atoms with van der Waals surface area (Å²) in [5.41, 5.74) is 0.889. The second-order valence-corrected chi connectivity index (χ2v) is 9.62. The number of carbonyl (C=O) groups excluding carboxylic acids is 2. The Hall–Kier alpha value is -2.10. The van der Waals surface area contributed by atoms with Gasteiger partial charge in [-0.15, -0.1) is 11.6 Å². The number of fused-ring (bicyclic) bond motifs is 4. The monoisotopic (exact) mass is 451 g/mol. The van der Waals surface area contributed by atoms with E-state index in [4.69, 9.17) is 33.3 Å². The molecular weight excluding hydrogens is 434 g/mol. The number of benzene rings is 1. The van der Waals surface area contributed by atoms with Crippen LogP contribution in [-0.4, -0.2) is 28.6 Å². The molecule has 29 heavy (non-hydrogen) atoms. The fraction of sp³-hybridized carbons (Fsp3) is 0.421. The standard InChI is InChI=1S/C19H18ClN3O4S2/c20-10-2-3-11-12(6-10)23-16(22-17(11)24)15(29-19(23)28)18(25)21-7-9-1-4-13-14(5-9)27-8-26-13/h1,4-5,10-12H,2-3,6-8H2,(H,21,25)(H,22,24). The van der Waals surface area contributed by atoms with E-state index in [2.05, 4.69) is 10.6 Å². The zero-order valence-electron chi connectivity index (χ0n) is 15.3. The average Bonchev–Trinajstić information content (AvgIpc) is 3.30. The van der Waals surface area contributed by atoms with Crippen molar-refractivity contribution in [2.24, 2.45) is 5.92 Å². The van der Waals surface area contributed by atoms with Gasteiger partial charge in [-0.25, -0.2) is 0 Å². The third kappa shape index (κ3) is 3.31. The van der Waals surface area contributed by atoms with Crippen LogP contribution in [0, 0.1) is 9.87 Å². The molecule has 0 radical (unpaired) electrons. The molecule has 2 N–H and O–H groups in total. The Morgan fingerprint density at radius 1 is 1.34 bits per heavy atom. The van der Waals surface area contributed by atoms with E-state index in [1.54, 1.807) is 0 Å². The lowest BCUT2D eigenvalue weighted by Crippen LogP contribution is -2.41. The van der Waals surface area contributed by atoms with Gasteiger partial charge in [-0.2, -0.15) is 0 Å². The SMILES string of the molecule is O=C(NCc1ccc2c(c1)OCO2)c1sc(=S)n2c1NC(=O)C1CCC(Cl)CC12. The van der Waals surface area contributed by atoms with E-state index >= 15 is 0 Å². The van der Waals surface area contributed by atoms with Crippen LogP contribution in [0.5, 0.6) is 11.5 Å². The topological polar surface area (TPSA) is 81.6 Å². The van der Waals surface area contributed by atoms with Crippen molar-refractivity contribution < 1.29 is 19.1 Å². The first kappa shape index (κ1) is 18.9. The summed E-state index contributed by atoms with van der Waals surface area (Å²) in [5, 5.41) is 5.82. The molecule has 2 aromatic rings. The summed E-state index contributed by atoms with van der Waals surface area (Å²) in [4.78, 5) is 25.9. The summed E-state index contributed by atoms with van der Waals surface area (Å²) in [5.74, 6) is 1.37. The molecule has 1 fully saturated rings. The third-order valence-corrected chi connectivity index (χ3v) is 7.40. The molecule has 1 aromatic heterocycles. The third-order valence-electron chi connectivity index (χ3n) is 5.60. The van der Waals surface area contributed by atoms with Gasteiger partial charge in [0.25, 0.3) is 5.91 Å². The van der Waals surface area contributed by atoms with E-state index in [-0.39, 0.29) is 35.9 Å². The Kier molecular flexibility index (Phi) is 4.76. The second-order valence-electron chi connectivity index (χ2n) is 7.36. The molecule has 3 aliphatic rings. The fourth-order valence-corrected chi connectivity index (χ4v) is 5.86. The zero-order valence-corrected chi connectivity index (χ0v) is 17.7. The Balaban J connectivity index is 1.38. The predicted molar refractivity (Wildman–Crippen MR) is 112 cm³/mol. The molecule has 0 spiro atoms. The summed E-state index contributed by atoms with van der Waals surface area (Å²) in [6.45, 7) is 0.527. The molecular formula is C19H18ClN3O4S2. The van der Waals surface area contributed by atoms with E-state index < -0.39 is 0 Å². The Labute approximate surface area is 181 Å². The van der Waals surface area contributed by atoms with Crippen molar-refractivity contribution in [3.63, 3.8) is 0 Å². The van der Waals surface area contributed by atoms with Crippen molar-refractivity contribution in [3.8, 4) is 11.5 Å². The van der Waals surface area contributed by atoms with Crippen LogP contribution in [0.2, 0.25) is 0 Å². The van der Waals surface area contributed by atoms with Gasteiger partial charge in [0.05, 0.1) is 12.0 Å². The normalized spacial score (nSPS) is 24.4. The largest absolute Gasteiger partial charge is 0.454 e. The lowest BCUT2D eigenvalue weighted by atomic mass is 9.82. The molecule has 3 atom stereocenters. The molecule has 5 rings (SSSR count). The first-order valence-electron chi connectivity index (χ1n) is 9.38. The van der Waals surface area contributed by atoms with Crippen molar-refractivity contribution in [3.05, 3.63) is 32.6 Å². The van der Waals surface area contributed by atoms with Gasteiger partial charge < -0.3 is 24.7 Å². The Morgan fingerprint density at radius 3 is 3.03 bits per heavy atom. The highest BCUT2D eigenvalue weighted by Crippen LogP contribution is 2.44. The Bertz CT molecular complexity index is 1070. The molecule has 3 unspecified atom stereocenters. The number of hydrogen-bond acceptors (Lipinski definition) is 6. The van der Waals surface area contributed by atoms with Crippen molar-refractivity contribution in [2.45, 2.75) is 37.2 Å². The fourth-order valence-electron chi connectivity index (χ4n) is 4.17. The van der Waals surface area contributed by atoms with Crippen LogP contribution in [0.1, 0.15) is 40.5 Å².